The van der Waals surface area contributed by atoms with Crippen LogP contribution in [-0.2, 0) is 26.0 Å². The third-order valence-corrected chi connectivity index (χ3v) is 7.25. The molecule has 0 aliphatic heterocycles. The molecule has 198 valence electrons. The number of carbonyl (C=O) groups is 2. The molecule has 1 aromatic heterocycles. The topological polar surface area (TPSA) is 133 Å². The summed E-state index contributed by atoms with van der Waals surface area (Å²) < 4.78 is 96.4. The molecule has 17 heteroatoms. The second-order valence-electron chi connectivity index (χ2n) is 7.40. The molecule has 0 radical (unpaired) electrons. The Hall–Kier alpha value is -3.28. The number of aromatic amines is 1. The van der Waals surface area contributed by atoms with Gasteiger partial charge in [0.15, 0.2) is 32.1 Å². The van der Waals surface area contributed by atoms with Gasteiger partial charge in [0.1, 0.15) is 12.1 Å². The molecule has 0 fully saturated rings. The lowest BCUT2D eigenvalue weighted by molar-refractivity contribution is -0.127. The van der Waals surface area contributed by atoms with Crippen LogP contribution in [-0.4, -0.2) is 42.5 Å². The molecule has 0 saturated carbocycles. The van der Waals surface area contributed by atoms with Gasteiger partial charge in [-0.3, -0.25) is 20.0 Å². The molecule has 3 rings (SSSR count). The SMILES string of the molecule is CC(NC(=O)C(Cc1ccccc1)NS(=O)(=O)c1c(F)c(F)c(F)c(F)c1F)C(=O)Nc1n[nH]c(=S)s1. The van der Waals surface area contributed by atoms with Crippen molar-refractivity contribution in [2.45, 2.75) is 30.3 Å². The summed E-state index contributed by atoms with van der Waals surface area (Å²) in [6.45, 7) is 1.25. The number of aromatic nitrogens is 2. The van der Waals surface area contributed by atoms with E-state index in [2.05, 4.69) is 20.8 Å². The van der Waals surface area contributed by atoms with E-state index < -0.39 is 74.3 Å². The first-order valence-electron chi connectivity index (χ1n) is 10.1. The number of nitrogens with zero attached hydrogens (tertiary/aromatic N) is 1. The fraction of sp³-hybridized carbons (Fsp3) is 0.200. The Morgan fingerprint density at radius 1 is 1.00 bits per heavy atom. The quantitative estimate of drug-likeness (QED) is 0.133. The minimum absolute atomic E-state index is 0.0870. The van der Waals surface area contributed by atoms with Gasteiger partial charge in [-0.25, -0.2) is 30.4 Å². The van der Waals surface area contributed by atoms with Crippen LogP contribution in [0.1, 0.15) is 12.5 Å². The Morgan fingerprint density at radius 3 is 2.11 bits per heavy atom. The second kappa shape index (κ2) is 11.4. The third kappa shape index (κ3) is 6.54. The zero-order valence-corrected chi connectivity index (χ0v) is 20.9. The number of carbonyl (C=O) groups excluding carboxylic acids is 2. The zero-order valence-electron chi connectivity index (χ0n) is 18.4. The van der Waals surface area contributed by atoms with Crippen LogP contribution in [0.15, 0.2) is 35.2 Å². The average molecular weight is 582 g/mol. The predicted octanol–water partition coefficient (Wildman–Crippen LogP) is 2.93. The van der Waals surface area contributed by atoms with Crippen LogP contribution in [0.2, 0.25) is 0 Å². The Balaban J connectivity index is 1.89. The van der Waals surface area contributed by atoms with Gasteiger partial charge in [0.05, 0.1) is 0 Å². The van der Waals surface area contributed by atoms with Crippen molar-refractivity contribution < 1.29 is 40.0 Å². The maximum atomic E-state index is 14.2. The van der Waals surface area contributed by atoms with Crippen molar-refractivity contribution >= 4 is 50.5 Å². The lowest BCUT2D eigenvalue weighted by Gasteiger charge is -2.21. The molecule has 2 amide bonds. The van der Waals surface area contributed by atoms with E-state index >= 15 is 0 Å². The highest BCUT2D eigenvalue weighted by Crippen LogP contribution is 2.27. The summed E-state index contributed by atoms with van der Waals surface area (Å²) in [4.78, 5) is 23.2. The first kappa shape index (κ1) is 28.3. The minimum atomic E-state index is -5.48. The largest absolute Gasteiger partial charge is 0.343 e. The van der Waals surface area contributed by atoms with E-state index in [4.69, 9.17) is 12.2 Å². The number of H-pyrrole nitrogens is 1. The van der Waals surface area contributed by atoms with E-state index in [9.17, 15) is 40.0 Å². The smallest absolute Gasteiger partial charge is 0.248 e. The molecule has 0 saturated heterocycles. The van der Waals surface area contributed by atoms with Crippen LogP contribution in [0, 0.1) is 33.0 Å². The maximum Gasteiger partial charge on any atom is 0.248 e. The predicted molar refractivity (Wildman–Crippen MR) is 124 cm³/mol. The monoisotopic (exact) mass is 581 g/mol. The van der Waals surface area contributed by atoms with Crippen molar-refractivity contribution in [3.05, 3.63) is 68.9 Å². The summed E-state index contributed by atoms with van der Waals surface area (Å²) >= 11 is 5.77. The van der Waals surface area contributed by atoms with Crippen molar-refractivity contribution in [2.75, 3.05) is 5.32 Å². The molecule has 0 aliphatic rings. The average Bonchev–Trinajstić information content (AvgIpc) is 3.25. The molecule has 2 unspecified atom stereocenters. The van der Waals surface area contributed by atoms with Crippen molar-refractivity contribution in [1.29, 1.82) is 0 Å². The number of sulfonamides is 1. The van der Waals surface area contributed by atoms with Crippen molar-refractivity contribution in [2.24, 2.45) is 0 Å². The molecule has 9 nitrogen and oxygen atoms in total. The maximum absolute atomic E-state index is 14.2. The number of hydrogen-bond acceptors (Lipinski definition) is 7. The van der Waals surface area contributed by atoms with Crippen LogP contribution in [0.3, 0.4) is 0 Å². The van der Waals surface area contributed by atoms with Gasteiger partial charge < -0.3 is 5.32 Å². The number of halogens is 5. The summed E-state index contributed by atoms with van der Waals surface area (Å²) in [5.74, 6) is -14.6. The molecule has 4 N–H and O–H groups in total. The van der Waals surface area contributed by atoms with E-state index in [0.29, 0.717) is 5.56 Å². The van der Waals surface area contributed by atoms with Crippen LogP contribution in [0.25, 0.3) is 0 Å². The number of nitrogens with one attached hydrogen (secondary N) is 4. The summed E-state index contributed by atoms with van der Waals surface area (Å²) in [6.07, 6.45) is -0.406. The van der Waals surface area contributed by atoms with Crippen LogP contribution >= 0.6 is 23.6 Å². The van der Waals surface area contributed by atoms with Gasteiger partial charge >= 0.3 is 0 Å². The molecule has 0 aliphatic carbocycles. The molecule has 37 heavy (non-hydrogen) atoms. The summed E-state index contributed by atoms with van der Waals surface area (Å²) in [6, 6.07) is 4.61. The Labute approximate surface area is 215 Å². The van der Waals surface area contributed by atoms with Gasteiger partial charge in [-0.2, -0.15) is 4.72 Å². The zero-order chi connectivity index (χ0) is 27.5. The normalized spacial score (nSPS) is 13.1. The molecular formula is C20H16F5N5O4S3. The second-order valence-corrected chi connectivity index (χ2v) is 10.7. The lowest BCUT2D eigenvalue weighted by Crippen LogP contribution is -2.52. The number of benzene rings is 2. The first-order chi connectivity index (χ1) is 17.3. The van der Waals surface area contributed by atoms with E-state index in [0.717, 1.165) is 11.3 Å². The minimum Gasteiger partial charge on any atom is -0.343 e. The molecule has 2 atom stereocenters. The Morgan fingerprint density at radius 2 is 1.57 bits per heavy atom. The highest BCUT2D eigenvalue weighted by Gasteiger charge is 2.36. The third-order valence-electron chi connectivity index (χ3n) is 4.76. The van der Waals surface area contributed by atoms with Gasteiger partial charge in [-0.15, -0.1) is 5.10 Å². The molecule has 2 aromatic carbocycles. The van der Waals surface area contributed by atoms with Crippen molar-refractivity contribution in [3.8, 4) is 0 Å². The van der Waals surface area contributed by atoms with Gasteiger partial charge in [0, 0.05) is 0 Å². The first-order valence-corrected chi connectivity index (χ1v) is 12.8. The van der Waals surface area contributed by atoms with Crippen molar-refractivity contribution in [1.82, 2.24) is 20.2 Å². The van der Waals surface area contributed by atoms with E-state index in [1.54, 1.807) is 22.9 Å². The summed E-state index contributed by atoms with van der Waals surface area (Å²) in [7, 11) is -5.48. The van der Waals surface area contributed by atoms with Crippen molar-refractivity contribution in [3.63, 3.8) is 0 Å². The highest BCUT2D eigenvalue weighted by atomic mass is 32.2. The van der Waals surface area contributed by atoms with Gasteiger partial charge in [-0.1, -0.05) is 41.7 Å². The molecule has 3 aromatic rings. The van der Waals surface area contributed by atoms with E-state index in [-0.39, 0.29) is 9.09 Å². The van der Waals surface area contributed by atoms with Crippen LogP contribution in [0.5, 0.6) is 0 Å². The standard InChI is InChI=1S/C20H16F5N5O4S3/c1-8(17(31)27-19-28-29-20(35)36-19)26-18(32)10(7-9-5-3-2-4-6-9)30-37(33,34)16-14(24)12(22)11(21)13(23)15(16)25/h2-6,8,10,30H,7H2,1H3,(H,26,32)(H,29,35)(H,27,28,31). The Bertz CT molecular complexity index is 1470. The molecule has 0 bridgehead atoms. The van der Waals surface area contributed by atoms with E-state index in [1.807, 2.05) is 0 Å². The highest BCUT2D eigenvalue weighted by molar-refractivity contribution is 7.89. The molecular weight excluding hydrogens is 565 g/mol. The van der Waals surface area contributed by atoms with Gasteiger partial charge in [0.2, 0.25) is 32.8 Å². The fourth-order valence-corrected chi connectivity index (χ4v) is 5.11. The number of rotatable bonds is 9. The summed E-state index contributed by atoms with van der Waals surface area (Å²) in [5.41, 5.74) is 0.371. The van der Waals surface area contributed by atoms with Gasteiger partial charge in [0.25, 0.3) is 0 Å². The van der Waals surface area contributed by atoms with Gasteiger partial charge in [-0.05, 0) is 31.1 Å². The molecule has 0 spiro atoms. The lowest BCUT2D eigenvalue weighted by atomic mass is 10.1. The number of amides is 2. The fourth-order valence-electron chi connectivity index (χ4n) is 2.98. The molecule has 1 heterocycles. The van der Waals surface area contributed by atoms with Crippen LogP contribution < -0.4 is 15.4 Å². The number of anilines is 1. The number of hydrogen-bond donors (Lipinski definition) is 4. The summed E-state index contributed by atoms with van der Waals surface area (Å²) in [5, 5.41) is 10.8. The van der Waals surface area contributed by atoms with E-state index in [1.165, 1.54) is 19.1 Å². The Kier molecular flexibility index (Phi) is 8.72. The van der Waals surface area contributed by atoms with Crippen LogP contribution in [0.4, 0.5) is 27.1 Å².